The van der Waals surface area contributed by atoms with Crippen LogP contribution < -0.4 is 10.0 Å². The van der Waals surface area contributed by atoms with Gasteiger partial charge in [0.15, 0.2) is 0 Å². The first kappa shape index (κ1) is 22.8. The highest BCUT2D eigenvalue weighted by Crippen LogP contribution is 2.22. The third-order valence-electron chi connectivity index (χ3n) is 4.67. The molecule has 0 aliphatic rings. The summed E-state index contributed by atoms with van der Waals surface area (Å²) in [6.45, 7) is 3.84. The number of amides is 1. The first-order valence-corrected chi connectivity index (χ1v) is 12.0. The zero-order valence-corrected chi connectivity index (χ0v) is 18.6. The number of hydrogen-bond donors (Lipinski definition) is 2. The molecule has 0 spiro atoms. The van der Waals surface area contributed by atoms with Crippen molar-refractivity contribution >= 4 is 15.9 Å². The summed E-state index contributed by atoms with van der Waals surface area (Å²) in [5.74, 6) is 1.29. The van der Waals surface area contributed by atoms with E-state index in [2.05, 4.69) is 10.0 Å². The second-order valence-corrected chi connectivity index (χ2v) is 9.46. The van der Waals surface area contributed by atoms with Crippen LogP contribution >= 0.6 is 0 Å². The highest BCUT2D eigenvalue weighted by atomic mass is 32.2. The molecule has 2 N–H and O–H groups in total. The number of rotatable bonds is 10. The maximum atomic E-state index is 12.3. The fourth-order valence-electron chi connectivity index (χ4n) is 3.27. The minimum Gasteiger partial charge on any atom is -0.461 e. The smallest absolute Gasteiger partial charge is 0.220 e. The van der Waals surface area contributed by atoms with E-state index in [0.29, 0.717) is 12.0 Å². The number of aryl methyl sites for hydroxylation is 1. The molecule has 0 aliphatic carbocycles. The van der Waals surface area contributed by atoms with E-state index in [9.17, 15) is 13.2 Å². The maximum absolute atomic E-state index is 12.3. The predicted molar refractivity (Wildman–Crippen MR) is 122 cm³/mol. The Morgan fingerprint density at radius 2 is 1.61 bits per heavy atom. The number of carbonyl (C=O) groups is 1. The summed E-state index contributed by atoms with van der Waals surface area (Å²) >= 11 is 0. The van der Waals surface area contributed by atoms with Crippen LogP contribution in [0.1, 0.15) is 37.2 Å². The molecule has 0 bridgehead atoms. The average Bonchev–Trinajstić information content (AvgIpc) is 3.20. The highest BCUT2D eigenvalue weighted by Gasteiger charge is 2.15. The summed E-state index contributed by atoms with van der Waals surface area (Å²) in [5.41, 5.74) is 2.46. The van der Waals surface area contributed by atoms with E-state index in [1.165, 1.54) is 0 Å². The summed E-state index contributed by atoms with van der Waals surface area (Å²) < 4.78 is 32.9. The standard InChI is InChI=1S/C24H28N2O4S/c1-18(2)26-31(28,29)17-21-11-7-6-10-20(21)16-25-24(27)15-13-22-12-14-23(30-22)19-8-4-3-5-9-19/h3-12,14,18,26H,13,15-17H2,1-2H3,(H,25,27). The van der Waals surface area contributed by atoms with Crippen LogP contribution in [0.2, 0.25) is 0 Å². The fourth-order valence-corrected chi connectivity index (χ4v) is 4.76. The molecule has 0 unspecified atom stereocenters. The topological polar surface area (TPSA) is 88.4 Å². The number of hydrogen-bond acceptors (Lipinski definition) is 4. The summed E-state index contributed by atoms with van der Waals surface area (Å²) in [5, 5.41) is 2.88. The second-order valence-electron chi connectivity index (χ2n) is 7.71. The van der Waals surface area contributed by atoms with Crippen molar-refractivity contribution in [3.05, 3.63) is 83.6 Å². The molecular formula is C24H28N2O4S. The molecule has 1 amide bonds. The van der Waals surface area contributed by atoms with E-state index >= 15 is 0 Å². The molecule has 0 fully saturated rings. The molecule has 2 aromatic carbocycles. The molecule has 0 saturated heterocycles. The molecule has 0 atom stereocenters. The van der Waals surface area contributed by atoms with E-state index in [-0.39, 0.29) is 30.7 Å². The van der Waals surface area contributed by atoms with Crippen molar-refractivity contribution in [2.75, 3.05) is 0 Å². The molecule has 7 heteroatoms. The predicted octanol–water partition coefficient (Wildman–Crippen LogP) is 4.02. The van der Waals surface area contributed by atoms with Gasteiger partial charge in [-0.25, -0.2) is 13.1 Å². The lowest BCUT2D eigenvalue weighted by Gasteiger charge is -2.13. The molecule has 31 heavy (non-hydrogen) atoms. The lowest BCUT2D eigenvalue weighted by molar-refractivity contribution is -0.121. The van der Waals surface area contributed by atoms with Gasteiger partial charge in [-0.2, -0.15) is 0 Å². The van der Waals surface area contributed by atoms with Crippen molar-refractivity contribution in [3.8, 4) is 11.3 Å². The Bertz CT molecular complexity index is 1110. The van der Waals surface area contributed by atoms with Gasteiger partial charge in [0.2, 0.25) is 15.9 Å². The number of carbonyl (C=O) groups excluding carboxylic acids is 1. The Morgan fingerprint density at radius 3 is 2.32 bits per heavy atom. The van der Waals surface area contributed by atoms with Crippen molar-refractivity contribution in [2.24, 2.45) is 0 Å². The third-order valence-corrected chi connectivity index (χ3v) is 6.20. The average molecular weight is 441 g/mol. The summed E-state index contributed by atoms with van der Waals surface area (Å²) in [6.07, 6.45) is 0.782. The first-order valence-electron chi connectivity index (χ1n) is 10.3. The van der Waals surface area contributed by atoms with Gasteiger partial charge in [-0.3, -0.25) is 4.79 Å². The number of benzene rings is 2. The van der Waals surface area contributed by atoms with Gasteiger partial charge in [-0.05, 0) is 37.1 Å². The van der Waals surface area contributed by atoms with Crippen molar-refractivity contribution in [1.29, 1.82) is 0 Å². The van der Waals surface area contributed by atoms with Gasteiger partial charge in [0.05, 0.1) is 5.75 Å². The normalized spacial score (nSPS) is 11.6. The van der Waals surface area contributed by atoms with Crippen LogP contribution in [0.15, 0.2) is 71.1 Å². The van der Waals surface area contributed by atoms with Crippen LogP contribution in [0.25, 0.3) is 11.3 Å². The molecule has 164 valence electrons. The van der Waals surface area contributed by atoms with Crippen LogP contribution in [-0.4, -0.2) is 20.4 Å². The summed E-state index contributed by atoms with van der Waals surface area (Å²) in [4.78, 5) is 12.3. The Kier molecular flexibility index (Phi) is 7.65. The van der Waals surface area contributed by atoms with E-state index in [1.807, 2.05) is 54.6 Å². The minimum atomic E-state index is -3.44. The largest absolute Gasteiger partial charge is 0.461 e. The summed E-state index contributed by atoms with van der Waals surface area (Å²) in [6, 6.07) is 20.7. The van der Waals surface area contributed by atoms with Crippen molar-refractivity contribution in [1.82, 2.24) is 10.0 Å². The van der Waals surface area contributed by atoms with Gasteiger partial charge >= 0.3 is 0 Å². The SMILES string of the molecule is CC(C)NS(=O)(=O)Cc1ccccc1CNC(=O)CCc1ccc(-c2ccccc2)o1. The number of furan rings is 1. The Morgan fingerprint density at radius 1 is 0.935 bits per heavy atom. The van der Waals surface area contributed by atoms with E-state index < -0.39 is 10.0 Å². The number of nitrogens with one attached hydrogen (secondary N) is 2. The zero-order chi connectivity index (χ0) is 22.3. The maximum Gasteiger partial charge on any atom is 0.220 e. The highest BCUT2D eigenvalue weighted by molar-refractivity contribution is 7.88. The third kappa shape index (κ3) is 7.08. The van der Waals surface area contributed by atoms with Crippen LogP contribution in [-0.2, 0) is 33.5 Å². The Labute approximate surface area is 183 Å². The van der Waals surface area contributed by atoms with E-state index in [4.69, 9.17) is 4.42 Å². The van der Waals surface area contributed by atoms with Gasteiger partial charge in [-0.15, -0.1) is 0 Å². The van der Waals surface area contributed by atoms with Gasteiger partial charge in [0.25, 0.3) is 0 Å². The van der Waals surface area contributed by atoms with Crippen LogP contribution in [0.5, 0.6) is 0 Å². The molecule has 0 saturated carbocycles. The number of sulfonamides is 1. The molecule has 1 aromatic heterocycles. The van der Waals surface area contributed by atoms with E-state index in [0.717, 1.165) is 22.6 Å². The van der Waals surface area contributed by atoms with Gasteiger partial charge in [0.1, 0.15) is 11.5 Å². The Hall–Kier alpha value is -2.90. The summed E-state index contributed by atoms with van der Waals surface area (Å²) in [7, 11) is -3.44. The second kappa shape index (κ2) is 10.4. The molecule has 1 heterocycles. The van der Waals surface area contributed by atoms with Crippen molar-refractivity contribution < 1.29 is 17.6 Å². The van der Waals surface area contributed by atoms with Crippen LogP contribution in [0.3, 0.4) is 0 Å². The monoisotopic (exact) mass is 440 g/mol. The van der Waals surface area contributed by atoms with Gasteiger partial charge in [0, 0.05) is 31.0 Å². The van der Waals surface area contributed by atoms with Crippen molar-refractivity contribution in [3.63, 3.8) is 0 Å². The Balaban J connectivity index is 1.53. The first-order chi connectivity index (χ1) is 14.8. The molecule has 3 aromatic rings. The molecule has 3 rings (SSSR count). The molecule has 0 radical (unpaired) electrons. The van der Waals surface area contributed by atoms with Crippen molar-refractivity contribution in [2.45, 2.75) is 45.0 Å². The lowest BCUT2D eigenvalue weighted by Crippen LogP contribution is -2.32. The van der Waals surface area contributed by atoms with E-state index in [1.54, 1.807) is 26.0 Å². The molecule has 0 aliphatic heterocycles. The fraction of sp³-hybridized carbons (Fsp3) is 0.292. The minimum absolute atomic E-state index is 0.115. The van der Waals surface area contributed by atoms with Gasteiger partial charge < -0.3 is 9.73 Å². The van der Waals surface area contributed by atoms with Crippen LogP contribution in [0, 0.1) is 0 Å². The lowest BCUT2D eigenvalue weighted by atomic mass is 10.1. The van der Waals surface area contributed by atoms with Crippen LogP contribution in [0.4, 0.5) is 0 Å². The zero-order valence-electron chi connectivity index (χ0n) is 17.8. The molecule has 6 nitrogen and oxygen atoms in total. The quantitative estimate of drug-likeness (QED) is 0.498. The van der Waals surface area contributed by atoms with Gasteiger partial charge in [-0.1, -0.05) is 54.6 Å². The molecular weight excluding hydrogens is 412 g/mol.